The van der Waals surface area contributed by atoms with Crippen molar-refractivity contribution < 1.29 is 14.7 Å². The van der Waals surface area contributed by atoms with Gasteiger partial charge < -0.3 is 10.4 Å². The fourth-order valence-electron chi connectivity index (χ4n) is 1.39. The molecule has 1 aromatic heterocycles. The molecule has 0 saturated heterocycles. The number of aryl methyl sites for hydroxylation is 1. The maximum atomic E-state index is 10.8. The summed E-state index contributed by atoms with van der Waals surface area (Å²) in [5, 5.41) is 15.1. The van der Waals surface area contributed by atoms with E-state index in [1.807, 2.05) is 6.92 Å². The number of amides is 1. The van der Waals surface area contributed by atoms with Gasteiger partial charge >= 0.3 is 5.97 Å². The van der Waals surface area contributed by atoms with Gasteiger partial charge in [0.25, 0.3) is 0 Å². The van der Waals surface area contributed by atoms with Gasteiger partial charge in [0.15, 0.2) is 0 Å². The topological polar surface area (TPSA) is 97.1 Å². The lowest BCUT2D eigenvalue weighted by Gasteiger charge is -2.10. The summed E-state index contributed by atoms with van der Waals surface area (Å²) in [4.78, 5) is 25.1. The van der Waals surface area contributed by atoms with E-state index in [2.05, 4.69) is 15.4 Å². The van der Waals surface area contributed by atoms with E-state index in [0.717, 1.165) is 12.4 Å². The molecule has 1 unspecified atom stereocenters. The highest BCUT2D eigenvalue weighted by Gasteiger charge is 2.15. The number of nitrogens with zero attached hydrogens (tertiary/aromatic N) is 3. The van der Waals surface area contributed by atoms with Gasteiger partial charge in [-0.25, -0.2) is 14.5 Å². The lowest BCUT2D eigenvalue weighted by molar-refractivity contribution is -0.140. The molecule has 0 fully saturated rings. The van der Waals surface area contributed by atoms with E-state index in [1.54, 1.807) is 16.4 Å². The van der Waals surface area contributed by atoms with Crippen LogP contribution in [0.15, 0.2) is 6.33 Å². The number of aromatic nitrogens is 3. The molecule has 18 heavy (non-hydrogen) atoms. The molecule has 0 radical (unpaired) electrons. The second-order valence-electron chi connectivity index (χ2n) is 3.51. The summed E-state index contributed by atoms with van der Waals surface area (Å²) in [5.74, 6) is 1.17. The van der Waals surface area contributed by atoms with Crippen molar-refractivity contribution in [2.24, 2.45) is 0 Å². The van der Waals surface area contributed by atoms with Gasteiger partial charge in [0, 0.05) is 6.54 Å². The zero-order chi connectivity index (χ0) is 13.4. The fourth-order valence-corrected chi connectivity index (χ4v) is 2.34. The number of aliphatic carboxylic acids is 1. The van der Waals surface area contributed by atoms with E-state index >= 15 is 0 Å². The van der Waals surface area contributed by atoms with Crippen molar-refractivity contribution >= 4 is 24.1 Å². The minimum absolute atomic E-state index is 0.388. The average Bonchev–Trinajstić information content (AvgIpc) is 2.80. The van der Waals surface area contributed by atoms with Crippen LogP contribution in [-0.4, -0.2) is 44.0 Å². The predicted molar refractivity (Wildman–Crippen MR) is 67.1 cm³/mol. The van der Waals surface area contributed by atoms with Crippen LogP contribution in [0, 0.1) is 0 Å². The summed E-state index contributed by atoms with van der Waals surface area (Å²) in [6.45, 7) is 2.75. The number of carbonyl (C=O) groups excluding carboxylic acids is 1. The zero-order valence-corrected chi connectivity index (χ0v) is 10.9. The van der Waals surface area contributed by atoms with Crippen LogP contribution in [0.4, 0.5) is 0 Å². The van der Waals surface area contributed by atoms with Crippen molar-refractivity contribution in [1.29, 1.82) is 0 Å². The Morgan fingerprint density at radius 1 is 1.72 bits per heavy atom. The Morgan fingerprint density at radius 2 is 2.50 bits per heavy atom. The van der Waals surface area contributed by atoms with E-state index in [9.17, 15) is 9.59 Å². The maximum Gasteiger partial charge on any atom is 0.326 e. The standard InChI is InChI=1S/C10H16N4O3S/c1-2-14-9(11-6-13-14)5-18-4-3-8(10(16)17)12-7-15/h6-8H,2-5H2,1H3,(H,12,15)(H,16,17). The van der Waals surface area contributed by atoms with Gasteiger partial charge in [0.1, 0.15) is 18.2 Å². The minimum atomic E-state index is -1.01. The van der Waals surface area contributed by atoms with Crippen molar-refractivity contribution in [2.45, 2.75) is 31.7 Å². The van der Waals surface area contributed by atoms with Crippen molar-refractivity contribution in [3.63, 3.8) is 0 Å². The van der Waals surface area contributed by atoms with Crippen molar-refractivity contribution in [1.82, 2.24) is 20.1 Å². The Bertz CT molecular complexity index is 396. The van der Waals surface area contributed by atoms with E-state index in [-0.39, 0.29) is 0 Å². The molecular weight excluding hydrogens is 256 g/mol. The van der Waals surface area contributed by atoms with E-state index in [4.69, 9.17) is 5.11 Å². The lowest BCUT2D eigenvalue weighted by atomic mass is 10.2. The van der Waals surface area contributed by atoms with Crippen molar-refractivity contribution in [2.75, 3.05) is 5.75 Å². The number of hydrogen-bond donors (Lipinski definition) is 2. The number of hydrogen-bond acceptors (Lipinski definition) is 5. The highest BCUT2D eigenvalue weighted by molar-refractivity contribution is 7.98. The molecule has 0 saturated carbocycles. The molecule has 0 spiro atoms. The van der Waals surface area contributed by atoms with Gasteiger partial charge in [-0.05, 0) is 19.1 Å². The van der Waals surface area contributed by atoms with Crippen LogP contribution in [0.5, 0.6) is 0 Å². The first-order valence-corrected chi connectivity index (χ1v) is 6.71. The molecule has 0 aliphatic heterocycles. The smallest absolute Gasteiger partial charge is 0.326 e. The molecule has 2 N–H and O–H groups in total. The van der Waals surface area contributed by atoms with E-state index in [1.165, 1.54) is 6.33 Å². The second kappa shape index (κ2) is 7.70. The summed E-state index contributed by atoms with van der Waals surface area (Å²) in [7, 11) is 0. The first-order valence-electron chi connectivity index (χ1n) is 5.56. The summed E-state index contributed by atoms with van der Waals surface area (Å²) in [6, 6.07) is -0.820. The molecule has 1 heterocycles. The van der Waals surface area contributed by atoms with Crippen LogP contribution in [-0.2, 0) is 21.9 Å². The molecule has 8 heteroatoms. The van der Waals surface area contributed by atoms with Crippen LogP contribution in [0.2, 0.25) is 0 Å². The minimum Gasteiger partial charge on any atom is -0.480 e. The third-order valence-corrected chi connectivity index (χ3v) is 3.33. The fraction of sp³-hybridized carbons (Fsp3) is 0.600. The van der Waals surface area contributed by atoms with Crippen molar-refractivity contribution in [3.05, 3.63) is 12.2 Å². The van der Waals surface area contributed by atoms with Crippen LogP contribution >= 0.6 is 11.8 Å². The quantitative estimate of drug-likeness (QED) is 0.489. The Hall–Kier alpha value is -1.57. The molecule has 1 atom stereocenters. The lowest BCUT2D eigenvalue weighted by Crippen LogP contribution is -2.36. The van der Waals surface area contributed by atoms with E-state index < -0.39 is 12.0 Å². The highest BCUT2D eigenvalue weighted by atomic mass is 32.2. The van der Waals surface area contributed by atoms with Crippen LogP contribution < -0.4 is 5.32 Å². The summed E-state index contributed by atoms with van der Waals surface area (Å²) < 4.78 is 1.80. The molecule has 1 aromatic rings. The molecular formula is C10H16N4O3S. The molecule has 1 amide bonds. The molecule has 0 aliphatic rings. The monoisotopic (exact) mass is 272 g/mol. The van der Waals surface area contributed by atoms with Crippen LogP contribution in [0.1, 0.15) is 19.2 Å². The Labute approximate surface area is 109 Å². The first kappa shape index (κ1) is 14.5. The number of thioether (sulfide) groups is 1. The van der Waals surface area contributed by atoms with Crippen molar-refractivity contribution in [3.8, 4) is 0 Å². The van der Waals surface area contributed by atoms with Gasteiger partial charge in [-0.15, -0.1) is 0 Å². The van der Waals surface area contributed by atoms with Crippen LogP contribution in [0.25, 0.3) is 0 Å². The Balaban J connectivity index is 2.29. The van der Waals surface area contributed by atoms with Gasteiger partial charge in [-0.2, -0.15) is 16.9 Å². The number of nitrogens with one attached hydrogen (secondary N) is 1. The average molecular weight is 272 g/mol. The number of rotatable bonds is 9. The maximum absolute atomic E-state index is 10.8. The molecule has 0 bridgehead atoms. The molecule has 7 nitrogen and oxygen atoms in total. The van der Waals surface area contributed by atoms with Gasteiger partial charge in [0.05, 0.1) is 5.75 Å². The number of carboxylic acid groups (broad SMARTS) is 1. The number of carbonyl (C=O) groups is 2. The molecule has 100 valence electrons. The summed E-state index contributed by atoms with van der Waals surface area (Å²) in [5.41, 5.74) is 0. The summed E-state index contributed by atoms with van der Waals surface area (Å²) >= 11 is 1.57. The molecule has 0 aromatic carbocycles. The third-order valence-electron chi connectivity index (χ3n) is 2.34. The third kappa shape index (κ3) is 4.36. The normalized spacial score (nSPS) is 12.1. The zero-order valence-electron chi connectivity index (χ0n) is 10.1. The van der Waals surface area contributed by atoms with Gasteiger partial charge in [-0.3, -0.25) is 4.79 Å². The van der Waals surface area contributed by atoms with E-state index in [0.29, 0.717) is 24.3 Å². The Kier molecular flexibility index (Phi) is 6.20. The predicted octanol–water partition coefficient (Wildman–Crippen LogP) is 0.120. The highest BCUT2D eigenvalue weighted by Crippen LogP contribution is 2.12. The molecule has 1 rings (SSSR count). The first-order chi connectivity index (χ1) is 8.69. The number of carboxylic acids is 1. The van der Waals surface area contributed by atoms with Gasteiger partial charge in [0.2, 0.25) is 6.41 Å². The van der Waals surface area contributed by atoms with Gasteiger partial charge in [-0.1, -0.05) is 0 Å². The molecule has 0 aliphatic carbocycles. The Morgan fingerprint density at radius 3 is 3.11 bits per heavy atom. The second-order valence-corrected chi connectivity index (χ2v) is 4.61. The largest absolute Gasteiger partial charge is 0.480 e. The summed E-state index contributed by atoms with van der Waals surface area (Å²) in [6.07, 6.45) is 2.31. The SMILES string of the molecule is CCn1ncnc1CSCCC(NC=O)C(=O)O. The van der Waals surface area contributed by atoms with Crippen LogP contribution in [0.3, 0.4) is 0 Å².